The second-order valence-corrected chi connectivity index (χ2v) is 4.18. The Kier molecular flexibility index (Phi) is 3.69. The Morgan fingerprint density at radius 2 is 1.85 bits per heavy atom. The fourth-order valence-electron chi connectivity index (χ4n) is 1.79. The van der Waals surface area contributed by atoms with Gasteiger partial charge in [0.2, 0.25) is 5.88 Å². The van der Waals surface area contributed by atoms with E-state index >= 15 is 0 Å². The van der Waals surface area contributed by atoms with Gasteiger partial charge in [0.25, 0.3) is 5.56 Å². The highest BCUT2D eigenvalue weighted by Gasteiger charge is 2.12. The van der Waals surface area contributed by atoms with E-state index in [1.54, 1.807) is 19.0 Å². The van der Waals surface area contributed by atoms with E-state index in [9.17, 15) is 14.7 Å². The number of nitrogens with zero attached hydrogens (tertiary/aromatic N) is 2. The topological polar surface area (TPSA) is 102 Å². The predicted octanol–water partition coefficient (Wildman–Crippen LogP) is 0.629. The Bertz CT molecular complexity index is 746. The van der Waals surface area contributed by atoms with Crippen molar-refractivity contribution in [3.63, 3.8) is 0 Å². The number of aromatic amines is 2. The molecule has 0 spiro atoms. The van der Waals surface area contributed by atoms with Crippen LogP contribution in [0.25, 0.3) is 0 Å². The van der Waals surface area contributed by atoms with E-state index < -0.39 is 17.1 Å². The molecule has 1 aromatic carbocycles. The van der Waals surface area contributed by atoms with Crippen LogP contribution < -0.4 is 16.3 Å². The lowest BCUT2D eigenvalue weighted by Gasteiger charge is -2.14. The van der Waals surface area contributed by atoms with Crippen LogP contribution in [-0.4, -0.2) is 27.8 Å². The molecule has 0 aliphatic rings. The number of hydrazone groups is 1. The molecule has 7 heteroatoms. The zero-order chi connectivity index (χ0) is 14.7. The summed E-state index contributed by atoms with van der Waals surface area (Å²) in [5, 5.41) is 15.4. The van der Waals surface area contributed by atoms with Crippen LogP contribution in [0.3, 0.4) is 0 Å². The number of H-pyrrole nitrogens is 2. The summed E-state index contributed by atoms with van der Waals surface area (Å²) >= 11 is 0. The lowest BCUT2D eigenvalue weighted by atomic mass is 10.2. The number of hydrogen-bond donors (Lipinski definition) is 3. The van der Waals surface area contributed by atoms with Gasteiger partial charge in [-0.15, -0.1) is 0 Å². The summed E-state index contributed by atoms with van der Waals surface area (Å²) in [7, 11) is 1.72. The van der Waals surface area contributed by atoms with Crippen molar-refractivity contribution in [2.45, 2.75) is 6.92 Å². The third-order valence-electron chi connectivity index (χ3n) is 2.71. The first kappa shape index (κ1) is 13.6. The average Bonchev–Trinajstić information content (AvgIpc) is 2.38. The van der Waals surface area contributed by atoms with Gasteiger partial charge in [0, 0.05) is 7.05 Å². The van der Waals surface area contributed by atoms with Gasteiger partial charge in [-0.05, 0) is 19.1 Å². The maximum atomic E-state index is 11.7. The Labute approximate surface area is 114 Å². The molecule has 0 unspecified atom stereocenters. The van der Waals surface area contributed by atoms with Crippen molar-refractivity contribution < 1.29 is 5.11 Å². The maximum absolute atomic E-state index is 11.7. The molecule has 0 aliphatic carbocycles. The molecule has 20 heavy (non-hydrogen) atoms. The van der Waals surface area contributed by atoms with Crippen LogP contribution in [0.4, 0.5) is 5.69 Å². The van der Waals surface area contributed by atoms with E-state index in [2.05, 4.69) is 10.1 Å². The molecule has 0 saturated carbocycles. The fraction of sp³-hybridized carbons (Fsp3) is 0.154. The van der Waals surface area contributed by atoms with Gasteiger partial charge in [-0.1, -0.05) is 18.2 Å². The molecule has 3 N–H and O–H groups in total. The number of anilines is 1. The van der Waals surface area contributed by atoms with Crippen molar-refractivity contribution in [3.05, 3.63) is 56.7 Å². The first-order chi connectivity index (χ1) is 9.49. The number of para-hydroxylation sites is 1. The van der Waals surface area contributed by atoms with Crippen molar-refractivity contribution in [2.24, 2.45) is 5.10 Å². The predicted molar refractivity (Wildman–Crippen MR) is 76.4 cm³/mol. The molecule has 2 aromatic rings. The second-order valence-electron chi connectivity index (χ2n) is 4.18. The molecule has 104 valence electrons. The number of nitrogens with one attached hydrogen (secondary N) is 2. The number of aromatic nitrogens is 2. The van der Waals surface area contributed by atoms with Crippen LogP contribution in [0.5, 0.6) is 5.88 Å². The van der Waals surface area contributed by atoms with Gasteiger partial charge >= 0.3 is 5.69 Å². The summed E-state index contributed by atoms with van der Waals surface area (Å²) < 4.78 is 0. The minimum atomic E-state index is -0.763. The smallest absolute Gasteiger partial charge is 0.328 e. The Balaban J connectivity index is 2.42. The minimum Gasteiger partial charge on any atom is -0.494 e. The van der Waals surface area contributed by atoms with Crippen molar-refractivity contribution in [1.29, 1.82) is 0 Å². The number of benzene rings is 1. The monoisotopic (exact) mass is 274 g/mol. The van der Waals surface area contributed by atoms with E-state index in [4.69, 9.17) is 0 Å². The van der Waals surface area contributed by atoms with E-state index in [1.165, 1.54) is 0 Å². The first-order valence-electron chi connectivity index (χ1n) is 5.89. The van der Waals surface area contributed by atoms with Crippen molar-refractivity contribution in [3.8, 4) is 5.88 Å². The Hall–Kier alpha value is -2.83. The van der Waals surface area contributed by atoms with Gasteiger partial charge in [0.05, 0.1) is 11.4 Å². The quantitative estimate of drug-likeness (QED) is 0.564. The molecule has 1 aromatic heterocycles. The van der Waals surface area contributed by atoms with Crippen LogP contribution in [0, 0.1) is 0 Å². The minimum absolute atomic E-state index is 0.0626. The van der Waals surface area contributed by atoms with Crippen molar-refractivity contribution in [2.75, 3.05) is 12.1 Å². The van der Waals surface area contributed by atoms with Gasteiger partial charge in [0.15, 0.2) is 0 Å². The second kappa shape index (κ2) is 5.43. The van der Waals surface area contributed by atoms with Crippen LogP contribution in [0.15, 0.2) is 45.0 Å². The Morgan fingerprint density at radius 3 is 2.45 bits per heavy atom. The third-order valence-corrected chi connectivity index (χ3v) is 2.71. The summed E-state index contributed by atoms with van der Waals surface area (Å²) in [6, 6.07) is 9.32. The highest BCUT2D eigenvalue weighted by Crippen LogP contribution is 2.13. The lowest BCUT2D eigenvalue weighted by molar-refractivity contribution is 0.447. The third kappa shape index (κ3) is 2.77. The van der Waals surface area contributed by atoms with E-state index in [1.807, 2.05) is 35.3 Å². The lowest BCUT2D eigenvalue weighted by Crippen LogP contribution is -2.28. The molecule has 7 nitrogen and oxygen atoms in total. The first-order valence-corrected chi connectivity index (χ1v) is 5.89. The summed E-state index contributed by atoms with van der Waals surface area (Å²) in [4.78, 5) is 26.9. The molecule has 2 rings (SSSR count). The van der Waals surface area contributed by atoms with Crippen LogP contribution >= 0.6 is 0 Å². The van der Waals surface area contributed by atoms with Gasteiger partial charge in [0.1, 0.15) is 5.56 Å². The van der Waals surface area contributed by atoms with Crippen LogP contribution in [0.2, 0.25) is 0 Å². The van der Waals surface area contributed by atoms with E-state index in [-0.39, 0.29) is 11.3 Å². The largest absolute Gasteiger partial charge is 0.494 e. The summed E-state index contributed by atoms with van der Waals surface area (Å²) in [5.41, 5.74) is -0.402. The Morgan fingerprint density at radius 1 is 1.20 bits per heavy atom. The zero-order valence-corrected chi connectivity index (χ0v) is 11.0. The fourth-order valence-corrected chi connectivity index (χ4v) is 1.79. The molecular weight excluding hydrogens is 260 g/mol. The highest BCUT2D eigenvalue weighted by molar-refractivity contribution is 6.00. The molecule has 0 saturated heterocycles. The summed E-state index contributed by atoms with van der Waals surface area (Å²) in [6.45, 7) is 1.57. The molecule has 0 atom stereocenters. The normalized spacial score (nSPS) is 11.4. The number of hydrogen-bond acceptors (Lipinski definition) is 5. The average molecular weight is 274 g/mol. The molecule has 0 fully saturated rings. The van der Waals surface area contributed by atoms with E-state index in [0.29, 0.717) is 0 Å². The zero-order valence-electron chi connectivity index (χ0n) is 11.0. The van der Waals surface area contributed by atoms with Gasteiger partial charge in [-0.2, -0.15) is 5.10 Å². The van der Waals surface area contributed by atoms with Gasteiger partial charge < -0.3 is 5.11 Å². The molecule has 0 aliphatic heterocycles. The molecule has 0 amide bonds. The highest BCUT2D eigenvalue weighted by atomic mass is 16.3. The standard InChI is InChI=1S/C13H14N4O3/c1-8(10-11(18)14-13(20)15-12(10)19)16-17(2)9-6-4-3-5-7-9/h3-7H,1-2H3,(H3,14,15,18,19,20)/b16-8-. The van der Waals surface area contributed by atoms with Crippen molar-refractivity contribution >= 4 is 11.4 Å². The molecule has 0 radical (unpaired) electrons. The van der Waals surface area contributed by atoms with Crippen molar-refractivity contribution in [1.82, 2.24) is 9.97 Å². The SMILES string of the molecule is C/C(=N/N(C)c1ccccc1)c1c(O)[nH]c(=O)[nH]c1=O. The number of aromatic hydroxyl groups is 1. The van der Waals surface area contributed by atoms with Gasteiger partial charge in [-0.25, -0.2) is 4.79 Å². The van der Waals surface area contributed by atoms with E-state index in [0.717, 1.165) is 5.69 Å². The van der Waals surface area contributed by atoms with Crippen LogP contribution in [0.1, 0.15) is 12.5 Å². The number of rotatable bonds is 3. The summed E-state index contributed by atoms with van der Waals surface area (Å²) in [5.74, 6) is -0.499. The molecule has 0 bridgehead atoms. The maximum Gasteiger partial charge on any atom is 0.328 e. The van der Waals surface area contributed by atoms with Crippen LogP contribution in [-0.2, 0) is 0 Å². The molecular formula is C13H14N4O3. The summed E-state index contributed by atoms with van der Waals surface area (Å²) in [6.07, 6.45) is 0. The van der Waals surface area contributed by atoms with Gasteiger partial charge in [-0.3, -0.25) is 19.8 Å². The molecule has 1 heterocycles.